The Morgan fingerprint density at radius 3 is 3.04 bits per heavy atom. The first-order valence-electron chi connectivity index (χ1n) is 8.29. The van der Waals surface area contributed by atoms with Crippen LogP contribution in [-0.4, -0.2) is 28.0 Å². The molecule has 0 saturated carbocycles. The van der Waals surface area contributed by atoms with Gasteiger partial charge in [-0.3, -0.25) is 0 Å². The minimum absolute atomic E-state index is 0.212. The maximum Gasteiger partial charge on any atom is 0.253 e. The van der Waals surface area contributed by atoms with E-state index < -0.39 is 0 Å². The van der Waals surface area contributed by atoms with E-state index in [1.807, 2.05) is 12.1 Å². The highest BCUT2D eigenvalue weighted by molar-refractivity contribution is 5.82. The lowest BCUT2D eigenvalue weighted by Gasteiger charge is -2.18. The molecule has 0 N–H and O–H groups in total. The van der Waals surface area contributed by atoms with Crippen LogP contribution in [0.25, 0.3) is 10.9 Å². The van der Waals surface area contributed by atoms with E-state index in [-0.39, 0.29) is 12.5 Å². The van der Waals surface area contributed by atoms with Crippen molar-refractivity contribution in [2.45, 2.75) is 32.3 Å². The van der Waals surface area contributed by atoms with Crippen molar-refractivity contribution in [3.05, 3.63) is 41.7 Å². The van der Waals surface area contributed by atoms with Gasteiger partial charge in [0.25, 0.3) is 5.89 Å². The molecule has 0 aliphatic carbocycles. The van der Waals surface area contributed by atoms with Gasteiger partial charge in [0.1, 0.15) is 5.75 Å². The van der Waals surface area contributed by atoms with Crippen LogP contribution in [0.5, 0.6) is 5.75 Å². The van der Waals surface area contributed by atoms with Gasteiger partial charge in [-0.1, -0.05) is 0 Å². The molecule has 126 valence electrons. The second-order valence-electron chi connectivity index (χ2n) is 6.30. The zero-order chi connectivity index (χ0) is 16.5. The van der Waals surface area contributed by atoms with Crippen LogP contribution in [0.4, 0.5) is 0 Å². The molecule has 1 fully saturated rings. The van der Waals surface area contributed by atoms with E-state index >= 15 is 0 Å². The van der Waals surface area contributed by atoms with Crippen molar-refractivity contribution < 1.29 is 13.9 Å². The van der Waals surface area contributed by atoms with Crippen LogP contribution in [0, 0.1) is 6.92 Å². The summed E-state index contributed by atoms with van der Waals surface area (Å²) in [4.78, 5) is 0. The second-order valence-corrected chi connectivity index (χ2v) is 6.30. The Hall–Kier alpha value is -2.34. The van der Waals surface area contributed by atoms with Crippen LogP contribution >= 0.6 is 0 Å². The number of nitrogens with zero attached hydrogens (tertiary/aromatic N) is 3. The third kappa shape index (κ3) is 2.89. The topological polar surface area (TPSA) is 62.3 Å². The Bertz CT molecular complexity index is 846. The van der Waals surface area contributed by atoms with Crippen molar-refractivity contribution in [3.63, 3.8) is 0 Å². The molecule has 3 aromatic rings. The number of rotatable bonds is 4. The zero-order valence-electron chi connectivity index (χ0n) is 14.0. The lowest BCUT2D eigenvalue weighted by Crippen LogP contribution is -2.15. The predicted molar refractivity (Wildman–Crippen MR) is 89.1 cm³/mol. The molecular formula is C18H21N3O3. The lowest BCUT2D eigenvalue weighted by atomic mass is 10.0. The van der Waals surface area contributed by atoms with Crippen LogP contribution in [-0.2, 0) is 18.4 Å². The van der Waals surface area contributed by atoms with Crippen molar-refractivity contribution in [1.29, 1.82) is 0 Å². The van der Waals surface area contributed by atoms with Crippen LogP contribution in [0.2, 0.25) is 0 Å². The number of fused-ring (bicyclic) bond motifs is 1. The molecule has 1 unspecified atom stereocenters. The van der Waals surface area contributed by atoms with Crippen LogP contribution in [0.1, 0.15) is 36.2 Å². The monoisotopic (exact) mass is 327 g/mol. The summed E-state index contributed by atoms with van der Waals surface area (Å²) in [6, 6.07) is 8.22. The second kappa shape index (κ2) is 6.28. The highest BCUT2D eigenvalue weighted by atomic mass is 16.5. The fourth-order valence-electron chi connectivity index (χ4n) is 3.13. The molecule has 1 saturated heterocycles. The summed E-state index contributed by atoms with van der Waals surface area (Å²) in [6.07, 6.45) is 2.07. The number of aromatic nitrogens is 3. The van der Waals surface area contributed by atoms with Crippen LogP contribution in [0.15, 0.2) is 28.7 Å². The molecule has 1 aliphatic rings. The predicted octanol–water partition coefficient (Wildman–Crippen LogP) is 3.34. The molecule has 1 atom stereocenters. The van der Waals surface area contributed by atoms with Gasteiger partial charge in [-0.05, 0) is 44.0 Å². The quantitative estimate of drug-likeness (QED) is 0.735. The first kappa shape index (κ1) is 15.2. The van der Waals surface area contributed by atoms with E-state index in [0.29, 0.717) is 18.4 Å². The van der Waals surface area contributed by atoms with Gasteiger partial charge in [-0.2, -0.15) is 0 Å². The minimum atomic E-state index is 0.212. The number of hydrogen-bond donors (Lipinski definition) is 0. The molecule has 2 aromatic heterocycles. The van der Waals surface area contributed by atoms with Gasteiger partial charge in [0.2, 0.25) is 5.89 Å². The lowest BCUT2D eigenvalue weighted by molar-refractivity contribution is 0.0717. The Balaban J connectivity index is 1.44. The first-order valence-corrected chi connectivity index (χ1v) is 8.29. The molecule has 0 radical (unpaired) electrons. The Kier molecular flexibility index (Phi) is 3.98. The average molecular weight is 327 g/mol. The Morgan fingerprint density at radius 2 is 2.21 bits per heavy atom. The van der Waals surface area contributed by atoms with E-state index in [1.165, 1.54) is 11.2 Å². The van der Waals surface area contributed by atoms with Crippen molar-refractivity contribution >= 4 is 10.9 Å². The minimum Gasteiger partial charge on any atom is -0.484 e. The first-order chi connectivity index (χ1) is 11.7. The van der Waals surface area contributed by atoms with Gasteiger partial charge in [0.05, 0.1) is 12.5 Å². The van der Waals surface area contributed by atoms with Gasteiger partial charge in [-0.25, -0.2) is 0 Å². The van der Waals surface area contributed by atoms with E-state index in [4.69, 9.17) is 13.9 Å². The normalized spacial score (nSPS) is 18.2. The number of benzene rings is 1. The largest absolute Gasteiger partial charge is 0.484 e. The number of aryl methyl sites for hydroxylation is 2. The maximum absolute atomic E-state index is 5.81. The SMILES string of the molecule is Cc1cc2cc(OCc3nnc(C4CCCOC4)o3)ccc2n1C. The summed E-state index contributed by atoms with van der Waals surface area (Å²) in [7, 11) is 2.06. The zero-order valence-corrected chi connectivity index (χ0v) is 14.0. The smallest absolute Gasteiger partial charge is 0.253 e. The Morgan fingerprint density at radius 1 is 1.29 bits per heavy atom. The summed E-state index contributed by atoms with van der Waals surface area (Å²) in [5.41, 5.74) is 2.41. The summed E-state index contributed by atoms with van der Waals surface area (Å²) in [6.45, 7) is 3.85. The molecule has 6 heteroatoms. The molecule has 0 amide bonds. The third-order valence-corrected chi connectivity index (χ3v) is 4.61. The summed E-state index contributed by atoms with van der Waals surface area (Å²) >= 11 is 0. The highest BCUT2D eigenvalue weighted by Crippen LogP contribution is 2.26. The molecule has 24 heavy (non-hydrogen) atoms. The molecule has 1 aromatic carbocycles. The number of hydrogen-bond acceptors (Lipinski definition) is 5. The van der Waals surface area contributed by atoms with Gasteiger partial charge in [-0.15, -0.1) is 10.2 Å². The van der Waals surface area contributed by atoms with Gasteiger partial charge < -0.3 is 18.5 Å². The van der Waals surface area contributed by atoms with E-state index in [1.54, 1.807) is 0 Å². The molecule has 4 rings (SSSR count). The average Bonchev–Trinajstić information content (AvgIpc) is 3.19. The molecule has 1 aliphatic heterocycles. The highest BCUT2D eigenvalue weighted by Gasteiger charge is 2.22. The van der Waals surface area contributed by atoms with Crippen LogP contribution < -0.4 is 4.74 Å². The van der Waals surface area contributed by atoms with E-state index in [0.717, 1.165) is 30.6 Å². The molecule has 0 bridgehead atoms. The fraction of sp³-hybridized carbons (Fsp3) is 0.444. The molecule has 0 spiro atoms. The van der Waals surface area contributed by atoms with Crippen molar-refractivity contribution in [2.75, 3.05) is 13.2 Å². The molecule has 3 heterocycles. The van der Waals surface area contributed by atoms with Gasteiger partial charge in [0, 0.05) is 30.3 Å². The molecular weight excluding hydrogens is 306 g/mol. The van der Waals surface area contributed by atoms with Crippen LogP contribution in [0.3, 0.4) is 0 Å². The molecule has 6 nitrogen and oxygen atoms in total. The van der Waals surface area contributed by atoms with Gasteiger partial charge in [0.15, 0.2) is 6.61 Å². The fourth-order valence-corrected chi connectivity index (χ4v) is 3.13. The van der Waals surface area contributed by atoms with Crippen molar-refractivity contribution in [3.8, 4) is 5.75 Å². The Labute approximate surface area is 140 Å². The standard InChI is InChI=1S/C18H21N3O3/c1-12-8-14-9-15(5-6-16(14)21(12)2)23-11-17-19-20-18(24-17)13-4-3-7-22-10-13/h5-6,8-9,13H,3-4,7,10-11H2,1-2H3. The third-order valence-electron chi connectivity index (χ3n) is 4.61. The summed E-state index contributed by atoms with van der Waals surface area (Å²) in [5, 5.41) is 9.39. The number of ether oxygens (including phenoxy) is 2. The maximum atomic E-state index is 5.81. The van der Waals surface area contributed by atoms with E-state index in [9.17, 15) is 0 Å². The van der Waals surface area contributed by atoms with Crippen molar-refractivity contribution in [1.82, 2.24) is 14.8 Å². The van der Waals surface area contributed by atoms with Gasteiger partial charge >= 0.3 is 0 Å². The van der Waals surface area contributed by atoms with Crippen molar-refractivity contribution in [2.24, 2.45) is 7.05 Å². The van der Waals surface area contributed by atoms with E-state index in [2.05, 4.69) is 40.9 Å². The summed E-state index contributed by atoms with van der Waals surface area (Å²) in [5.74, 6) is 2.17. The summed E-state index contributed by atoms with van der Waals surface area (Å²) < 4.78 is 19.2.